The topological polar surface area (TPSA) is 153 Å². The Morgan fingerprint density at radius 2 is 1.86 bits per heavy atom. The maximum absolute atomic E-state index is 13.7. The van der Waals surface area contributed by atoms with E-state index in [4.69, 9.17) is 14.2 Å². The van der Waals surface area contributed by atoms with Crippen LogP contribution in [-0.2, 0) is 24.3 Å². The SMILES string of the molecule is C=CC1CC1(NC(=O)C1CC(Oc2ncc(OC)c3ccccc23)CN1C(=O)OC(C)(C)C)C(=O)NS(=O)(=O)C1CC1. The van der Waals surface area contributed by atoms with Gasteiger partial charge in [-0.2, -0.15) is 0 Å². The second-order valence-corrected chi connectivity index (χ2v) is 13.9. The van der Waals surface area contributed by atoms with E-state index in [0.29, 0.717) is 29.9 Å². The summed E-state index contributed by atoms with van der Waals surface area (Å²) in [6.07, 6.45) is 2.95. The molecule has 0 spiro atoms. The minimum absolute atomic E-state index is 0.0230. The minimum Gasteiger partial charge on any atom is -0.494 e. The van der Waals surface area contributed by atoms with Crippen molar-refractivity contribution in [1.29, 1.82) is 0 Å². The monoisotopic (exact) mass is 600 g/mol. The lowest BCUT2D eigenvalue weighted by Crippen LogP contribution is -2.56. The molecule has 3 amide bonds. The quantitative estimate of drug-likeness (QED) is 0.414. The number of methoxy groups -OCH3 is 1. The van der Waals surface area contributed by atoms with Gasteiger partial charge < -0.3 is 19.5 Å². The van der Waals surface area contributed by atoms with Crippen molar-refractivity contribution in [3.8, 4) is 11.6 Å². The normalized spacial score (nSPS) is 25.4. The Morgan fingerprint density at radius 1 is 1.17 bits per heavy atom. The summed E-state index contributed by atoms with van der Waals surface area (Å²) >= 11 is 0. The van der Waals surface area contributed by atoms with Gasteiger partial charge in [0.15, 0.2) is 0 Å². The molecule has 3 fully saturated rings. The Bertz CT molecular complexity index is 1530. The molecule has 226 valence electrons. The lowest BCUT2D eigenvalue weighted by atomic mass is 10.1. The molecule has 1 aromatic heterocycles. The molecule has 2 heterocycles. The molecule has 12 nitrogen and oxygen atoms in total. The zero-order valence-electron chi connectivity index (χ0n) is 24.1. The Balaban J connectivity index is 1.38. The van der Waals surface area contributed by atoms with Crippen molar-refractivity contribution >= 4 is 38.7 Å². The van der Waals surface area contributed by atoms with Gasteiger partial charge in [-0.25, -0.2) is 18.2 Å². The third kappa shape index (κ3) is 5.87. The number of amides is 3. The summed E-state index contributed by atoms with van der Waals surface area (Å²) in [4.78, 5) is 45.8. The van der Waals surface area contributed by atoms with Crippen LogP contribution in [0.25, 0.3) is 10.8 Å². The van der Waals surface area contributed by atoms with Crippen LogP contribution in [-0.4, -0.2) is 78.4 Å². The molecular weight excluding hydrogens is 564 g/mol. The number of likely N-dealkylation sites (tertiary alicyclic amines) is 1. The van der Waals surface area contributed by atoms with Gasteiger partial charge in [-0.1, -0.05) is 24.3 Å². The maximum Gasteiger partial charge on any atom is 0.411 e. The van der Waals surface area contributed by atoms with Gasteiger partial charge in [-0.05, 0) is 46.1 Å². The molecule has 13 heteroatoms. The Labute approximate surface area is 244 Å². The number of hydrogen-bond donors (Lipinski definition) is 2. The van der Waals surface area contributed by atoms with Gasteiger partial charge in [0.05, 0.1) is 25.1 Å². The Kier molecular flexibility index (Phi) is 7.58. The number of nitrogens with one attached hydrogen (secondary N) is 2. The summed E-state index contributed by atoms with van der Waals surface area (Å²) in [5, 5.41) is 3.63. The highest BCUT2D eigenvalue weighted by atomic mass is 32.2. The van der Waals surface area contributed by atoms with Crippen LogP contribution in [0, 0.1) is 5.92 Å². The van der Waals surface area contributed by atoms with Crippen molar-refractivity contribution in [2.75, 3.05) is 13.7 Å². The fraction of sp³-hybridized carbons (Fsp3) is 0.517. The molecule has 4 unspecified atom stereocenters. The van der Waals surface area contributed by atoms with Crippen LogP contribution in [0.5, 0.6) is 11.6 Å². The van der Waals surface area contributed by atoms with Crippen LogP contribution in [0.3, 0.4) is 0 Å². The van der Waals surface area contributed by atoms with Gasteiger partial charge in [0, 0.05) is 23.1 Å². The fourth-order valence-corrected chi connectivity index (χ4v) is 6.59. The molecule has 5 rings (SSSR count). The van der Waals surface area contributed by atoms with Crippen molar-refractivity contribution in [1.82, 2.24) is 19.9 Å². The Hall–Kier alpha value is -3.87. The van der Waals surface area contributed by atoms with Crippen molar-refractivity contribution in [3.63, 3.8) is 0 Å². The molecule has 2 aromatic rings. The first-order chi connectivity index (χ1) is 19.8. The minimum atomic E-state index is -3.83. The first-order valence-corrected chi connectivity index (χ1v) is 15.4. The summed E-state index contributed by atoms with van der Waals surface area (Å²) < 4.78 is 44.3. The average molecular weight is 601 g/mol. The van der Waals surface area contributed by atoms with Crippen LogP contribution in [0.4, 0.5) is 4.79 Å². The van der Waals surface area contributed by atoms with Crippen LogP contribution in [0.1, 0.15) is 46.5 Å². The van der Waals surface area contributed by atoms with Gasteiger partial charge >= 0.3 is 6.09 Å². The molecule has 0 radical (unpaired) electrons. The fourth-order valence-electron chi connectivity index (χ4n) is 5.23. The second kappa shape index (κ2) is 10.8. The molecule has 1 saturated heterocycles. The summed E-state index contributed by atoms with van der Waals surface area (Å²) in [6.45, 7) is 8.91. The van der Waals surface area contributed by atoms with Gasteiger partial charge in [-0.15, -0.1) is 6.58 Å². The van der Waals surface area contributed by atoms with E-state index in [0.717, 1.165) is 5.39 Å². The van der Waals surface area contributed by atoms with E-state index in [9.17, 15) is 22.8 Å². The van der Waals surface area contributed by atoms with Crippen molar-refractivity contribution < 1.29 is 37.0 Å². The van der Waals surface area contributed by atoms with Crippen molar-refractivity contribution in [2.45, 2.75) is 75.0 Å². The number of benzene rings is 1. The number of sulfonamides is 1. The highest BCUT2D eigenvalue weighted by Gasteiger charge is 2.62. The van der Waals surface area contributed by atoms with Gasteiger partial charge in [0.1, 0.15) is 29.0 Å². The number of rotatable bonds is 9. The summed E-state index contributed by atoms with van der Waals surface area (Å²) in [6, 6.07) is 6.37. The predicted molar refractivity (Wildman–Crippen MR) is 153 cm³/mol. The number of carbonyl (C=O) groups is 3. The van der Waals surface area contributed by atoms with E-state index in [1.807, 2.05) is 24.3 Å². The summed E-state index contributed by atoms with van der Waals surface area (Å²) in [5.41, 5.74) is -2.30. The van der Waals surface area contributed by atoms with E-state index >= 15 is 0 Å². The predicted octanol–water partition coefficient (Wildman–Crippen LogP) is 2.67. The van der Waals surface area contributed by atoms with E-state index in [2.05, 4.69) is 21.6 Å². The lowest BCUT2D eigenvalue weighted by molar-refractivity contribution is -0.131. The first-order valence-electron chi connectivity index (χ1n) is 13.9. The van der Waals surface area contributed by atoms with Crippen molar-refractivity contribution in [2.24, 2.45) is 5.92 Å². The summed E-state index contributed by atoms with van der Waals surface area (Å²) in [5.74, 6) is -1.00. The number of fused-ring (bicyclic) bond motifs is 1. The lowest BCUT2D eigenvalue weighted by Gasteiger charge is -2.29. The third-order valence-corrected chi connectivity index (χ3v) is 9.48. The summed E-state index contributed by atoms with van der Waals surface area (Å²) in [7, 11) is -2.28. The third-order valence-electron chi connectivity index (χ3n) is 7.66. The molecular formula is C29H36N4O8S. The number of pyridine rings is 1. The highest BCUT2D eigenvalue weighted by molar-refractivity contribution is 7.91. The van der Waals surface area contributed by atoms with E-state index in [1.54, 1.807) is 34.1 Å². The standard InChI is InChI=1S/C29H36N4O8S/c1-6-17-14-29(17,26(35)32-42(37,38)19-11-12-19)31-24(34)22-13-18(16-33(22)27(36)41-28(2,3)4)40-25-21-10-8-7-9-20(21)23(39-5)15-30-25/h6-10,15,17-19,22H,1,11-14,16H2,2-5H3,(H,31,34)(H,32,35). The number of aromatic nitrogens is 1. The first kappa shape index (κ1) is 29.6. The largest absolute Gasteiger partial charge is 0.494 e. The number of hydrogen-bond acceptors (Lipinski definition) is 9. The van der Waals surface area contributed by atoms with E-state index in [1.165, 1.54) is 11.0 Å². The smallest absolute Gasteiger partial charge is 0.411 e. The van der Waals surface area contributed by atoms with Crippen LogP contribution in [0.15, 0.2) is 43.1 Å². The molecule has 2 saturated carbocycles. The van der Waals surface area contributed by atoms with Gasteiger partial charge in [0.25, 0.3) is 5.91 Å². The highest BCUT2D eigenvalue weighted by Crippen LogP contribution is 2.45. The molecule has 42 heavy (non-hydrogen) atoms. The molecule has 3 aliphatic rings. The molecule has 0 bridgehead atoms. The maximum atomic E-state index is 13.7. The van der Waals surface area contributed by atoms with Crippen LogP contribution in [0.2, 0.25) is 0 Å². The zero-order chi connectivity index (χ0) is 30.4. The van der Waals surface area contributed by atoms with Crippen LogP contribution >= 0.6 is 0 Å². The van der Waals surface area contributed by atoms with Crippen molar-refractivity contribution in [3.05, 3.63) is 43.1 Å². The van der Waals surface area contributed by atoms with Gasteiger partial charge in [-0.3, -0.25) is 19.2 Å². The molecule has 1 aromatic carbocycles. The Morgan fingerprint density at radius 3 is 2.45 bits per heavy atom. The van der Waals surface area contributed by atoms with E-state index < -0.39 is 62.4 Å². The molecule has 4 atom stereocenters. The number of ether oxygens (including phenoxy) is 3. The zero-order valence-corrected chi connectivity index (χ0v) is 24.9. The molecule has 1 aliphatic heterocycles. The van der Waals surface area contributed by atoms with Gasteiger partial charge in [0.2, 0.25) is 21.8 Å². The number of carbonyl (C=O) groups excluding carboxylic acids is 3. The molecule has 2 N–H and O–H groups in total. The number of nitrogens with zero attached hydrogens (tertiary/aromatic N) is 2. The second-order valence-electron chi connectivity index (χ2n) is 12.0. The van der Waals surface area contributed by atoms with E-state index in [-0.39, 0.29) is 19.4 Å². The van der Waals surface area contributed by atoms with Crippen LogP contribution < -0.4 is 19.5 Å². The molecule has 2 aliphatic carbocycles. The average Bonchev–Trinajstić information content (AvgIpc) is 3.85.